The van der Waals surface area contributed by atoms with Crippen LogP contribution in [0.15, 0.2) is 52.0 Å². The highest BCUT2D eigenvalue weighted by Gasteiger charge is 2.14. The van der Waals surface area contributed by atoms with Crippen LogP contribution in [0.4, 0.5) is 0 Å². The summed E-state index contributed by atoms with van der Waals surface area (Å²) in [6.07, 6.45) is 2.49. The molecule has 2 rings (SSSR count). The average molecular weight is 355 g/mol. The maximum Gasteiger partial charge on any atom is 0.240 e. The van der Waals surface area contributed by atoms with Crippen molar-refractivity contribution in [2.45, 2.75) is 24.8 Å². The Labute approximate surface area is 127 Å². The molecule has 0 radical (unpaired) electrons. The lowest BCUT2D eigenvalue weighted by Gasteiger charge is -2.09. The number of benzene rings is 1. The van der Waals surface area contributed by atoms with Gasteiger partial charge in [-0.3, -0.25) is 4.98 Å². The Kier molecular flexibility index (Phi) is 4.91. The van der Waals surface area contributed by atoms with Crippen molar-refractivity contribution in [3.8, 4) is 0 Å². The Morgan fingerprint density at radius 2 is 2.05 bits per heavy atom. The van der Waals surface area contributed by atoms with E-state index in [4.69, 9.17) is 0 Å². The van der Waals surface area contributed by atoms with E-state index in [1.807, 2.05) is 19.1 Å². The molecule has 0 saturated heterocycles. The summed E-state index contributed by atoms with van der Waals surface area (Å²) in [5, 5.41) is 0. The predicted octanol–water partition coefficient (Wildman–Crippen LogP) is 2.89. The fourth-order valence-electron chi connectivity index (χ4n) is 1.83. The number of rotatable bonds is 5. The van der Waals surface area contributed by atoms with Gasteiger partial charge in [-0.15, -0.1) is 0 Å². The van der Waals surface area contributed by atoms with E-state index in [0.717, 1.165) is 22.2 Å². The third-order valence-electron chi connectivity index (χ3n) is 2.90. The van der Waals surface area contributed by atoms with Gasteiger partial charge in [0.15, 0.2) is 0 Å². The number of aryl methyl sites for hydroxylation is 1. The lowest BCUT2D eigenvalue weighted by atomic mass is 10.1. The molecule has 0 aliphatic carbocycles. The molecule has 0 bridgehead atoms. The molecule has 0 unspecified atom stereocenters. The minimum absolute atomic E-state index is 0.193. The first-order valence-electron chi connectivity index (χ1n) is 6.21. The van der Waals surface area contributed by atoms with Gasteiger partial charge in [0.1, 0.15) is 0 Å². The number of hydrogen-bond acceptors (Lipinski definition) is 3. The predicted molar refractivity (Wildman–Crippen MR) is 81.8 cm³/mol. The van der Waals surface area contributed by atoms with E-state index in [9.17, 15) is 8.42 Å². The molecule has 106 valence electrons. The number of pyridine rings is 1. The topological polar surface area (TPSA) is 59.1 Å². The molecule has 1 heterocycles. The highest BCUT2D eigenvalue weighted by Crippen LogP contribution is 2.16. The van der Waals surface area contributed by atoms with Crippen LogP contribution in [0.1, 0.15) is 18.2 Å². The number of hydrogen-bond donors (Lipinski definition) is 1. The molecule has 0 amide bonds. The first-order chi connectivity index (χ1) is 9.53. The van der Waals surface area contributed by atoms with Crippen molar-refractivity contribution in [3.05, 3.63) is 58.3 Å². The lowest BCUT2D eigenvalue weighted by Crippen LogP contribution is -2.24. The van der Waals surface area contributed by atoms with E-state index in [-0.39, 0.29) is 11.4 Å². The minimum Gasteiger partial charge on any atom is -0.260 e. The van der Waals surface area contributed by atoms with Crippen LogP contribution < -0.4 is 4.72 Å². The van der Waals surface area contributed by atoms with E-state index in [1.165, 1.54) is 0 Å². The van der Waals surface area contributed by atoms with Crippen LogP contribution in [0.5, 0.6) is 0 Å². The fraction of sp³-hybridized carbons (Fsp3) is 0.214. The van der Waals surface area contributed by atoms with E-state index >= 15 is 0 Å². The first kappa shape index (κ1) is 15.2. The third-order valence-corrected chi connectivity index (χ3v) is 4.79. The van der Waals surface area contributed by atoms with Gasteiger partial charge in [0.25, 0.3) is 0 Å². The highest BCUT2D eigenvalue weighted by molar-refractivity contribution is 9.10. The largest absolute Gasteiger partial charge is 0.260 e. The molecule has 1 aromatic heterocycles. The smallest absolute Gasteiger partial charge is 0.240 e. The summed E-state index contributed by atoms with van der Waals surface area (Å²) in [7, 11) is -3.53. The number of aromatic nitrogens is 1. The molecule has 0 atom stereocenters. The Balaban J connectivity index is 2.17. The molecule has 1 aromatic carbocycles. The number of nitrogens with one attached hydrogen (secondary N) is 1. The van der Waals surface area contributed by atoms with Crippen molar-refractivity contribution in [1.29, 1.82) is 0 Å². The van der Waals surface area contributed by atoms with E-state index < -0.39 is 10.0 Å². The zero-order valence-electron chi connectivity index (χ0n) is 11.0. The zero-order chi connectivity index (χ0) is 14.6. The van der Waals surface area contributed by atoms with Crippen molar-refractivity contribution in [2.24, 2.45) is 0 Å². The normalized spacial score (nSPS) is 11.5. The summed E-state index contributed by atoms with van der Waals surface area (Å²) in [5.74, 6) is 0. The monoisotopic (exact) mass is 354 g/mol. The maximum atomic E-state index is 12.2. The Bertz CT molecular complexity index is 702. The fourth-order valence-corrected chi connectivity index (χ4v) is 3.42. The standard InChI is InChI=1S/C14H15BrN2O2S/c1-2-11-5-4-8-16-14(11)10-17-20(18,19)13-7-3-6-12(15)9-13/h3-9,17H,2,10H2,1H3. The van der Waals surface area contributed by atoms with Crippen LogP contribution in [-0.2, 0) is 23.0 Å². The minimum atomic E-state index is -3.53. The van der Waals surface area contributed by atoms with Crippen LogP contribution in [0.25, 0.3) is 0 Å². The van der Waals surface area contributed by atoms with E-state index in [2.05, 4.69) is 25.6 Å². The van der Waals surface area contributed by atoms with Crippen LogP contribution in [-0.4, -0.2) is 13.4 Å². The van der Waals surface area contributed by atoms with E-state index in [1.54, 1.807) is 30.5 Å². The van der Waals surface area contributed by atoms with Gasteiger partial charge in [-0.2, -0.15) is 0 Å². The molecule has 0 fully saturated rings. The summed E-state index contributed by atoms with van der Waals surface area (Å²) in [4.78, 5) is 4.46. The Hall–Kier alpha value is -1.24. The molecule has 0 aliphatic heterocycles. The summed E-state index contributed by atoms with van der Waals surface area (Å²) in [6, 6.07) is 10.4. The number of halogens is 1. The van der Waals surface area contributed by atoms with Gasteiger partial charge in [0, 0.05) is 10.7 Å². The molecular weight excluding hydrogens is 340 g/mol. The van der Waals surface area contributed by atoms with Crippen LogP contribution in [0.3, 0.4) is 0 Å². The van der Waals surface area contributed by atoms with Crippen molar-refractivity contribution in [2.75, 3.05) is 0 Å². The summed E-state index contributed by atoms with van der Waals surface area (Å²) >= 11 is 3.27. The average Bonchev–Trinajstić information content (AvgIpc) is 2.45. The molecule has 0 aliphatic rings. The molecule has 2 aromatic rings. The van der Waals surface area contributed by atoms with Gasteiger partial charge in [-0.1, -0.05) is 35.0 Å². The van der Waals surface area contributed by atoms with Crippen molar-refractivity contribution in [1.82, 2.24) is 9.71 Å². The number of nitrogens with zero attached hydrogens (tertiary/aromatic N) is 1. The highest BCUT2D eigenvalue weighted by atomic mass is 79.9. The second-order valence-corrected chi connectivity index (χ2v) is 6.93. The molecular formula is C14H15BrN2O2S. The van der Waals surface area contributed by atoms with Gasteiger partial charge >= 0.3 is 0 Å². The Morgan fingerprint density at radius 3 is 2.75 bits per heavy atom. The van der Waals surface area contributed by atoms with Gasteiger partial charge < -0.3 is 0 Å². The van der Waals surface area contributed by atoms with E-state index in [0.29, 0.717) is 0 Å². The molecule has 4 nitrogen and oxygen atoms in total. The van der Waals surface area contributed by atoms with Gasteiger partial charge in [-0.25, -0.2) is 13.1 Å². The summed E-state index contributed by atoms with van der Waals surface area (Å²) in [6.45, 7) is 2.21. The molecule has 20 heavy (non-hydrogen) atoms. The lowest BCUT2D eigenvalue weighted by molar-refractivity contribution is 0.580. The SMILES string of the molecule is CCc1cccnc1CNS(=O)(=O)c1cccc(Br)c1. The second kappa shape index (κ2) is 6.47. The number of sulfonamides is 1. The second-order valence-electron chi connectivity index (χ2n) is 4.24. The van der Waals surface area contributed by atoms with Crippen molar-refractivity contribution < 1.29 is 8.42 Å². The zero-order valence-corrected chi connectivity index (χ0v) is 13.4. The van der Waals surface area contributed by atoms with Crippen molar-refractivity contribution in [3.63, 3.8) is 0 Å². The van der Waals surface area contributed by atoms with Gasteiger partial charge in [0.05, 0.1) is 17.1 Å². The first-order valence-corrected chi connectivity index (χ1v) is 8.48. The molecule has 0 spiro atoms. The molecule has 6 heteroatoms. The van der Waals surface area contributed by atoms with Gasteiger partial charge in [0.2, 0.25) is 10.0 Å². The maximum absolute atomic E-state index is 12.2. The van der Waals surface area contributed by atoms with Crippen LogP contribution in [0.2, 0.25) is 0 Å². The summed E-state index contributed by atoms with van der Waals surface area (Å²) in [5.41, 5.74) is 1.80. The Morgan fingerprint density at radius 1 is 1.25 bits per heavy atom. The van der Waals surface area contributed by atoms with Crippen LogP contribution >= 0.6 is 15.9 Å². The summed E-state index contributed by atoms with van der Waals surface area (Å²) < 4.78 is 27.7. The third kappa shape index (κ3) is 3.65. The van der Waals surface area contributed by atoms with Crippen LogP contribution in [0, 0.1) is 0 Å². The molecule has 1 N–H and O–H groups in total. The van der Waals surface area contributed by atoms with Crippen molar-refractivity contribution >= 4 is 26.0 Å². The van der Waals surface area contributed by atoms with Gasteiger partial charge in [-0.05, 0) is 36.2 Å². The quantitative estimate of drug-likeness (QED) is 0.897. The molecule has 0 saturated carbocycles.